The van der Waals surface area contributed by atoms with Crippen molar-refractivity contribution in [3.8, 4) is 0 Å². The third kappa shape index (κ3) is 2.00. The summed E-state index contributed by atoms with van der Waals surface area (Å²) in [5.74, 6) is 4.42. The van der Waals surface area contributed by atoms with Gasteiger partial charge in [0.2, 0.25) is 0 Å². The lowest BCUT2D eigenvalue weighted by Gasteiger charge is -2.23. The summed E-state index contributed by atoms with van der Waals surface area (Å²) < 4.78 is 0. The fourth-order valence-corrected chi connectivity index (χ4v) is 4.03. The minimum Gasteiger partial charge on any atom is -0.295 e. The van der Waals surface area contributed by atoms with Crippen LogP contribution in [0, 0.1) is 29.6 Å². The fourth-order valence-electron chi connectivity index (χ4n) is 4.03. The first-order chi connectivity index (χ1) is 8.16. The van der Waals surface area contributed by atoms with Crippen molar-refractivity contribution in [2.75, 3.05) is 0 Å². The largest absolute Gasteiger partial charge is 0.295 e. The van der Waals surface area contributed by atoms with E-state index in [-0.39, 0.29) is 0 Å². The zero-order valence-corrected chi connectivity index (χ0v) is 10.9. The van der Waals surface area contributed by atoms with Crippen LogP contribution in [0.2, 0.25) is 0 Å². The second-order valence-electron chi connectivity index (χ2n) is 6.35. The van der Waals surface area contributed by atoms with Crippen molar-refractivity contribution in [1.82, 2.24) is 0 Å². The lowest BCUT2D eigenvalue weighted by Crippen LogP contribution is -2.14. The molecule has 1 nitrogen and oxygen atoms in total. The van der Waals surface area contributed by atoms with Gasteiger partial charge < -0.3 is 0 Å². The van der Waals surface area contributed by atoms with Crippen LogP contribution in [0.4, 0.5) is 0 Å². The summed E-state index contributed by atoms with van der Waals surface area (Å²) >= 11 is 0. The highest BCUT2D eigenvalue weighted by Crippen LogP contribution is 2.58. The SMILES string of the molecule is CC(C)C1C2C=C(C3CC=CC(=O)C3)CCC21. The van der Waals surface area contributed by atoms with Crippen LogP contribution in [0.25, 0.3) is 0 Å². The Hall–Kier alpha value is -0.850. The van der Waals surface area contributed by atoms with Crippen molar-refractivity contribution in [2.24, 2.45) is 29.6 Å². The Labute approximate surface area is 104 Å². The third-order valence-corrected chi connectivity index (χ3v) is 4.93. The standard InChI is InChI=1S/C16H22O/c1-10(2)16-14-7-6-12(9-15(14)16)11-4-3-5-13(17)8-11/h3,5,9-11,14-16H,4,6-8H2,1-2H3. The van der Waals surface area contributed by atoms with E-state index in [0.29, 0.717) is 11.7 Å². The normalized spacial score (nSPS) is 40.2. The van der Waals surface area contributed by atoms with Crippen molar-refractivity contribution in [3.05, 3.63) is 23.8 Å². The molecule has 0 bridgehead atoms. The molecule has 1 heteroatoms. The van der Waals surface area contributed by atoms with E-state index in [9.17, 15) is 4.79 Å². The van der Waals surface area contributed by atoms with Gasteiger partial charge >= 0.3 is 0 Å². The highest BCUT2D eigenvalue weighted by Gasteiger charge is 2.51. The van der Waals surface area contributed by atoms with Gasteiger partial charge in [0.05, 0.1) is 0 Å². The van der Waals surface area contributed by atoms with E-state index in [1.807, 2.05) is 0 Å². The topological polar surface area (TPSA) is 17.1 Å². The van der Waals surface area contributed by atoms with Gasteiger partial charge in [-0.05, 0) is 54.9 Å². The monoisotopic (exact) mass is 230 g/mol. The van der Waals surface area contributed by atoms with E-state index in [0.717, 1.165) is 36.5 Å². The zero-order valence-electron chi connectivity index (χ0n) is 10.9. The maximum absolute atomic E-state index is 11.5. The number of carbonyl (C=O) groups is 1. The van der Waals surface area contributed by atoms with E-state index in [1.165, 1.54) is 12.8 Å². The van der Waals surface area contributed by atoms with Gasteiger partial charge in [0, 0.05) is 6.42 Å². The molecule has 3 rings (SSSR count). The van der Waals surface area contributed by atoms with E-state index in [4.69, 9.17) is 0 Å². The molecule has 0 saturated heterocycles. The van der Waals surface area contributed by atoms with Gasteiger partial charge in [-0.2, -0.15) is 0 Å². The molecule has 4 atom stereocenters. The van der Waals surface area contributed by atoms with Crippen molar-refractivity contribution < 1.29 is 4.79 Å². The summed E-state index contributed by atoms with van der Waals surface area (Å²) in [6, 6.07) is 0. The molecule has 4 unspecified atom stereocenters. The Balaban J connectivity index is 1.71. The number of allylic oxidation sites excluding steroid dienone is 4. The fraction of sp³-hybridized carbons (Fsp3) is 0.688. The predicted octanol–water partition coefficient (Wildman–Crippen LogP) is 3.76. The summed E-state index contributed by atoms with van der Waals surface area (Å²) in [5, 5.41) is 0. The van der Waals surface area contributed by atoms with Gasteiger partial charge in [-0.15, -0.1) is 0 Å². The second kappa shape index (κ2) is 4.12. The molecule has 1 saturated carbocycles. The van der Waals surface area contributed by atoms with E-state index in [2.05, 4.69) is 26.0 Å². The lowest BCUT2D eigenvalue weighted by atomic mass is 9.82. The van der Waals surface area contributed by atoms with Crippen LogP contribution in [-0.4, -0.2) is 5.78 Å². The van der Waals surface area contributed by atoms with Crippen LogP contribution in [-0.2, 0) is 4.79 Å². The van der Waals surface area contributed by atoms with Crippen molar-refractivity contribution in [1.29, 1.82) is 0 Å². The second-order valence-corrected chi connectivity index (χ2v) is 6.35. The first-order valence-electron chi connectivity index (χ1n) is 7.06. The molecule has 0 heterocycles. The van der Waals surface area contributed by atoms with Gasteiger partial charge in [0.25, 0.3) is 0 Å². The number of rotatable bonds is 2. The minimum absolute atomic E-state index is 0.320. The number of fused-ring (bicyclic) bond motifs is 1. The van der Waals surface area contributed by atoms with Gasteiger partial charge in [0.1, 0.15) is 0 Å². The molecule has 0 aromatic carbocycles. The number of hydrogen-bond acceptors (Lipinski definition) is 1. The van der Waals surface area contributed by atoms with Crippen LogP contribution < -0.4 is 0 Å². The number of ketones is 1. The van der Waals surface area contributed by atoms with Crippen molar-refractivity contribution in [3.63, 3.8) is 0 Å². The molecular formula is C16H22O. The van der Waals surface area contributed by atoms with Gasteiger partial charge in [-0.1, -0.05) is 31.6 Å². The van der Waals surface area contributed by atoms with E-state index in [1.54, 1.807) is 11.6 Å². The zero-order chi connectivity index (χ0) is 12.0. The third-order valence-electron chi connectivity index (χ3n) is 4.93. The van der Waals surface area contributed by atoms with Crippen LogP contribution in [0.3, 0.4) is 0 Å². The summed E-state index contributed by atoms with van der Waals surface area (Å²) in [5.41, 5.74) is 1.59. The molecule has 0 aromatic rings. The molecule has 0 radical (unpaired) electrons. The summed E-state index contributed by atoms with van der Waals surface area (Å²) in [4.78, 5) is 11.5. The molecule has 0 spiro atoms. The number of hydrogen-bond donors (Lipinski definition) is 0. The highest BCUT2D eigenvalue weighted by molar-refractivity contribution is 5.90. The molecular weight excluding hydrogens is 208 g/mol. The molecule has 17 heavy (non-hydrogen) atoms. The van der Waals surface area contributed by atoms with Crippen LogP contribution in [0.15, 0.2) is 23.8 Å². The first kappa shape index (κ1) is 11.3. The number of carbonyl (C=O) groups excluding carboxylic acids is 1. The van der Waals surface area contributed by atoms with Gasteiger partial charge in [-0.3, -0.25) is 4.79 Å². The van der Waals surface area contributed by atoms with E-state index >= 15 is 0 Å². The Morgan fingerprint density at radius 3 is 2.88 bits per heavy atom. The summed E-state index contributed by atoms with van der Waals surface area (Å²) in [7, 11) is 0. The molecule has 1 fully saturated rings. The first-order valence-corrected chi connectivity index (χ1v) is 7.06. The summed E-state index contributed by atoms with van der Waals surface area (Å²) in [6.07, 6.45) is 10.8. The lowest BCUT2D eigenvalue weighted by molar-refractivity contribution is -0.115. The maximum atomic E-state index is 11.5. The summed E-state index contributed by atoms with van der Waals surface area (Å²) in [6.45, 7) is 4.70. The smallest absolute Gasteiger partial charge is 0.155 e. The van der Waals surface area contributed by atoms with Crippen LogP contribution >= 0.6 is 0 Å². The molecule has 3 aliphatic carbocycles. The average Bonchev–Trinajstić information content (AvgIpc) is 3.02. The van der Waals surface area contributed by atoms with Gasteiger partial charge in [0.15, 0.2) is 5.78 Å². The quantitative estimate of drug-likeness (QED) is 0.660. The Morgan fingerprint density at radius 1 is 1.35 bits per heavy atom. The molecule has 0 aromatic heterocycles. The molecule has 0 N–H and O–H groups in total. The minimum atomic E-state index is 0.320. The van der Waals surface area contributed by atoms with Crippen LogP contribution in [0.1, 0.15) is 39.5 Å². The average molecular weight is 230 g/mol. The highest BCUT2D eigenvalue weighted by atomic mass is 16.1. The van der Waals surface area contributed by atoms with Crippen molar-refractivity contribution >= 4 is 5.78 Å². The van der Waals surface area contributed by atoms with Crippen LogP contribution in [0.5, 0.6) is 0 Å². The van der Waals surface area contributed by atoms with Crippen molar-refractivity contribution in [2.45, 2.75) is 39.5 Å². The molecule has 3 aliphatic rings. The Kier molecular flexibility index (Phi) is 2.72. The molecule has 92 valence electrons. The van der Waals surface area contributed by atoms with E-state index < -0.39 is 0 Å². The molecule has 0 amide bonds. The molecule has 0 aliphatic heterocycles. The Morgan fingerprint density at radius 2 is 2.18 bits per heavy atom. The van der Waals surface area contributed by atoms with Gasteiger partial charge in [-0.25, -0.2) is 0 Å². The predicted molar refractivity (Wildman–Crippen MR) is 69.5 cm³/mol. The maximum Gasteiger partial charge on any atom is 0.155 e. The Bertz CT molecular complexity index is 388.